The molecule has 1 aliphatic heterocycles. The largest absolute Gasteiger partial charge is 0.288 e. The lowest BCUT2D eigenvalue weighted by Gasteiger charge is -2.09. The van der Waals surface area contributed by atoms with Crippen molar-refractivity contribution in [2.45, 2.75) is 0 Å². The van der Waals surface area contributed by atoms with E-state index in [0.717, 1.165) is 6.54 Å². The molecule has 2 nitrogen and oxygen atoms in total. The first-order valence-electron chi connectivity index (χ1n) is 3.64. The van der Waals surface area contributed by atoms with Crippen LogP contribution in [-0.4, -0.2) is 16.8 Å². The Bertz CT molecular complexity index is 246. The van der Waals surface area contributed by atoms with Crippen LogP contribution < -0.4 is 0 Å². The summed E-state index contributed by atoms with van der Waals surface area (Å²) in [5, 5.41) is 0. The van der Waals surface area contributed by atoms with Gasteiger partial charge in [-0.3, -0.25) is 9.10 Å². The number of rotatable bonds is 0. The van der Waals surface area contributed by atoms with Crippen LogP contribution in [0.1, 0.15) is 0 Å². The maximum Gasteiger partial charge on any atom is 0.239 e. The highest BCUT2D eigenvalue weighted by Gasteiger charge is 2.36. The predicted molar refractivity (Wildman–Crippen MR) is 46.0 cm³/mol. The third-order valence-electron chi connectivity index (χ3n) is 2.17. The van der Waals surface area contributed by atoms with Crippen molar-refractivity contribution in [2.24, 2.45) is 11.8 Å². The van der Waals surface area contributed by atoms with Crippen LogP contribution in [0.3, 0.4) is 0 Å². The number of allylic oxidation sites excluding steroid dienone is 2. The highest BCUT2D eigenvalue weighted by molar-refractivity contribution is 7.78. The second-order valence-electron chi connectivity index (χ2n) is 2.88. The van der Waals surface area contributed by atoms with Crippen LogP contribution >= 0.6 is 12.8 Å². The van der Waals surface area contributed by atoms with E-state index >= 15 is 0 Å². The van der Waals surface area contributed by atoms with Crippen molar-refractivity contribution in [3.63, 3.8) is 0 Å². The van der Waals surface area contributed by atoms with E-state index in [0.29, 0.717) is 5.92 Å². The molecular formula is C8H9NOS. The lowest BCUT2D eigenvalue weighted by Crippen LogP contribution is -2.17. The Labute approximate surface area is 71.1 Å². The van der Waals surface area contributed by atoms with E-state index in [1.54, 1.807) is 0 Å². The number of amides is 1. The lowest BCUT2D eigenvalue weighted by molar-refractivity contribution is -0.125. The van der Waals surface area contributed by atoms with E-state index in [4.69, 9.17) is 0 Å². The van der Waals surface area contributed by atoms with Crippen molar-refractivity contribution in [2.75, 3.05) is 6.54 Å². The summed E-state index contributed by atoms with van der Waals surface area (Å²) in [6.45, 7) is 0.744. The van der Waals surface area contributed by atoms with Gasteiger partial charge in [0.15, 0.2) is 0 Å². The molecule has 11 heavy (non-hydrogen) atoms. The topological polar surface area (TPSA) is 20.3 Å². The van der Waals surface area contributed by atoms with Crippen molar-refractivity contribution in [3.05, 3.63) is 24.3 Å². The quantitative estimate of drug-likeness (QED) is 0.534. The van der Waals surface area contributed by atoms with E-state index < -0.39 is 0 Å². The van der Waals surface area contributed by atoms with Gasteiger partial charge >= 0.3 is 0 Å². The maximum atomic E-state index is 11.3. The fraction of sp³-hybridized carbons (Fsp3) is 0.375. The van der Waals surface area contributed by atoms with Gasteiger partial charge in [0.05, 0.1) is 5.92 Å². The van der Waals surface area contributed by atoms with Crippen LogP contribution in [0.2, 0.25) is 0 Å². The van der Waals surface area contributed by atoms with Gasteiger partial charge in [-0.2, -0.15) is 0 Å². The van der Waals surface area contributed by atoms with Gasteiger partial charge in [-0.05, 0) is 0 Å². The summed E-state index contributed by atoms with van der Waals surface area (Å²) in [4.78, 5) is 11.3. The van der Waals surface area contributed by atoms with Crippen LogP contribution in [0.15, 0.2) is 24.3 Å². The number of fused-ring (bicyclic) bond motifs is 1. The van der Waals surface area contributed by atoms with E-state index in [-0.39, 0.29) is 11.8 Å². The summed E-state index contributed by atoms with van der Waals surface area (Å²) in [5.41, 5.74) is 0. The molecular weight excluding hydrogens is 158 g/mol. The minimum absolute atomic E-state index is 0.0532. The Balaban J connectivity index is 2.27. The zero-order chi connectivity index (χ0) is 7.84. The fourth-order valence-electron chi connectivity index (χ4n) is 1.55. The normalized spacial score (nSPS) is 34.6. The Morgan fingerprint density at radius 2 is 2.18 bits per heavy atom. The van der Waals surface area contributed by atoms with Gasteiger partial charge in [-0.25, -0.2) is 0 Å². The van der Waals surface area contributed by atoms with E-state index in [2.05, 4.69) is 18.9 Å². The Hall–Kier alpha value is -0.700. The van der Waals surface area contributed by atoms with Crippen LogP contribution in [-0.2, 0) is 4.79 Å². The number of thiol groups is 1. The molecule has 0 radical (unpaired) electrons. The second-order valence-corrected chi connectivity index (χ2v) is 3.36. The molecule has 0 aromatic heterocycles. The van der Waals surface area contributed by atoms with Crippen molar-refractivity contribution in [3.8, 4) is 0 Å². The smallest absolute Gasteiger partial charge is 0.239 e. The Morgan fingerprint density at radius 3 is 2.91 bits per heavy atom. The Kier molecular flexibility index (Phi) is 1.53. The zero-order valence-corrected chi connectivity index (χ0v) is 6.87. The summed E-state index contributed by atoms with van der Waals surface area (Å²) in [5.74, 6) is 0.529. The summed E-state index contributed by atoms with van der Waals surface area (Å²) < 4.78 is 1.50. The van der Waals surface area contributed by atoms with E-state index in [1.165, 1.54) is 4.31 Å². The van der Waals surface area contributed by atoms with Gasteiger partial charge in [-0.1, -0.05) is 37.1 Å². The van der Waals surface area contributed by atoms with Gasteiger partial charge in [0.2, 0.25) is 5.91 Å². The molecule has 1 fully saturated rings. The predicted octanol–water partition coefficient (Wildman–Crippen LogP) is 1.03. The average molecular weight is 167 g/mol. The zero-order valence-electron chi connectivity index (χ0n) is 5.97. The molecule has 1 aliphatic carbocycles. The molecule has 1 amide bonds. The first kappa shape index (κ1) is 6.98. The molecule has 0 aromatic carbocycles. The summed E-state index contributed by atoms with van der Waals surface area (Å²) in [6.07, 6.45) is 7.93. The minimum Gasteiger partial charge on any atom is -0.288 e. The van der Waals surface area contributed by atoms with Crippen molar-refractivity contribution >= 4 is 18.7 Å². The van der Waals surface area contributed by atoms with Crippen LogP contribution in [0.5, 0.6) is 0 Å². The number of hydrogen-bond donors (Lipinski definition) is 1. The summed E-state index contributed by atoms with van der Waals surface area (Å²) >= 11 is 4.06. The summed E-state index contributed by atoms with van der Waals surface area (Å²) in [7, 11) is 0. The molecule has 1 heterocycles. The molecule has 2 rings (SSSR count). The molecule has 0 aromatic rings. The third kappa shape index (κ3) is 0.997. The second kappa shape index (κ2) is 2.41. The van der Waals surface area contributed by atoms with E-state index in [9.17, 15) is 4.79 Å². The molecule has 3 heteroatoms. The van der Waals surface area contributed by atoms with Gasteiger partial charge in [0, 0.05) is 12.5 Å². The first-order chi connectivity index (χ1) is 5.29. The number of nitrogens with zero attached hydrogens (tertiary/aromatic N) is 1. The van der Waals surface area contributed by atoms with E-state index in [1.807, 2.05) is 18.2 Å². The molecule has 0 bridgehead atoms. The maximum absolute atomic E-state index is 11.3. The van der Waals surface area contributed by atoms with Crippen LogP contribution in [0, 0.1) is 11.8 Å². The molecule has 2 unspecified atom stereocenters. The minimum atomic E-state index is 0.0532. The number of hydrogen-bond acceptors (Lipinski definition) is 2. The van der Waals surface area contributed by atoms with Gasteiger partial charge in [0.1, 0.15) is 0 Å². The standard InChI is InChI=1S/C8H9NOS/c10-8-7-4-2-1-3-6(7)5-9(8)11/h1-4,6-7,11H,5H2. The van der Waals surface area contributed by atoms with Gasteiger partial charge in [0.25, 0.3) is 0 Å². The molecule has 0 saturated carbocycles. The number of carbonyl (C=O) groups is 1. The average Bonchev–Trinajstić information content (AvgIpc) is 2.30. The van der Waals surface area contributed by atoms with Gasteiger partial charge in [-0.15, -0.1) is 0 Å². The van der Waals surface area contributed by atoms with Crippen LogP contribution in [0.4, 0.5) is 0 Å². The third-order valence-corrected chi connectivity index (χ3v) is 2.53. The first-order valence-corrected chi connectivity index (χ1v) is 4.04. The monoisotopic (exact) mass is 167 g/mol. The molecule has 0 spiro atoms. The SMILES string of the molecule is O=C1C2C=CC=CC2CN1S. The molecule has 2 aliphatic rings. The highest BCUT2D eigenvalue weighted by atomic mass is 32.1. The molecule has 2 atom stereocenters. The molecule has 0 N–H and O–H groups in total. The van der Waals surface area contributed by atoms with Crippen molar-refractivity contribution in [1.82, 2.24) is 4.31 Å². The van der Waals surface area contributed by atoms with Crippen molar-refractivity contribution < 1.29 is 4.79 Å². The fourth-order valence-corrected chi connectivity index (χ4v) is 1.88. The summed E-state index contributed by atoms with van der Waals surface area (Å²) in [6, 6.07) is 0. The number of carbonyl (C=O) groups excluding carboxylic acids is 1. The molecule has 58 valence electrons. The highest BCUT2D eigenvalue weighted by Crippen LogP contribution is 2.30. The lowest BCUT2D eigenvalue weighted by atomic mass is 9.92. The van der Waals surface area contributed by atoms with Gasteiger partial charge < -0.3 is 0 Å². The van der Waals surface area contributed by atoms with Crippen molar-refractivity contribution in [1.29, 1.82) is 0 Å². The molecule has 1 saturated heterocycles. The van der Waals surface area contributed by atoms with Crippen LogP contribution in [0.25, 0.3) is 0 Å². The Morgan fingerprint density at radius 1 is 1.45 bits per heavy atom.